The van der Waals surface area contributed by atoms with Gasteiger partial charge in [0.2, 0.25) is 0 Å². The summed E-state index contributed by atoms with van der Waals surface area (Å²) >= 11 is 11.9. The third kappa shape index (κ3) is 3.91. The van der Waals surface area contributed by atoms with Gasteiger partial charge in [0.25, 0.3) is 0 Å². The molecule has 2 aromatic carbocycles. The fourth-order valence-corrected chi connectivity index (χ4v) is 5.58. The van der Waals surface area contributed by atoms with Gasteiger partial charge in [-0.3, -0.25) is 0 Å². The van der Waals surface area contributed by atoms with E-state index >= 15 is 0 Å². The monoisotopic (exact) mass is 372 g/mol. The molecule has 0 amide bonds. The van der Waals surface area contributed by atoms with Crippen LogP contribution in [0.1, 0.15) is 21.6 Å². The molecule has 0 heterocycles. The van der Waals surface area contributed by atoms with Crippen molar-refractivity contribution in [1.82, 2.24) is 0 Å². The predicted molar refractivity (Wildman–Crippen MR) is 97.6 cm³/mol. The third-order valence-corrected chi connectivity index (χ3v) is 7.14. The number of anilines is 2. The summed E-state index contributed by atoms with van der Waals surface area (Å²) in [6, 6.07) is 13.3. The lowest BCUT2D eigenvalue weighted by molar-refractivity contribution is 0.577. The first-order chi connectivity index (χ1) is 10.9. The van der Waals surface area contributed by atoms with Crippen molar-refractivity contribution in [2.24, 2.45) is 0 Å². The molecule has 2 atom stereocenters. The number of halogens is 2. The number of alkyl halides is 2. The number of hydrogen-bond donors (Lipinski definition) is 2. The van der Waals surface area contributed by atoms with Crippen LogP contribution >= 0.6 is 23.2 Å². The predicted octanol–water partition coefficient (Wildman–Crippen LogP) is 3.53. The molecule has 0 aliphatic rings. The first-order valence-electron chi connectivity index (χ1n) is 6.95. The minimum absolute atomic E-state index is 0.0609. The number of sulfone groups is 1. The van der Waals surface area contributed by atoms with Gasteiger partial charge in [-0.15, -0.1) is 23.2 Å². The van der Waals surface area contributed by atoms with Gasteiger partial charge in [0, 0.05) is 23.1 Å². The van der Waals surface area contributed by atoms with Crippen molar-refractivity contribution < 1.29 is 8.42 Å². The topological polar surface area (TPSA) is 86.2 Å². The molecule has 0 aliphatic carbocycles. The zero-order valence-corrected chi connectivity index (χ0v) is 14.7. The van der Waals surface area contributed by atoms with Gasteiger partial charge in [0.15, 0.2) is 9.84 Å². The van der Waals surface area contributed by atoms with Crippen LogP contribution in [0.4, 0.5) is 11.4 Å². The molecule has 0 aliphatic heterocycles. The molecular weight excluding hydrogens is 355 g/mol. The van der Waals surface area contributed by atoms with Crippen molar-refractivity contribution in [1.29, 1.82) is 0 Å². The van der Waals surface area contributed by atoms with Crippen molar-refractivity contribution in [3.63, 3.8) is 0 Å². The van der Waals surface area contributed by atoms with Crippen molar-refractivity contribution in [2.45, 2.75) is 10.5 Å². The van der Waals surface area contributed by atoms with Crippen LogP contribution in [-0.4, -0.2) is 20.2 Å². The highest BCUT2D eigenvalue weighted by Gasteiger charge is 2.35. The van der Waals surface area contributed by atoms with E-state index in [-0.39, 0.29) is 11.8 Å². The van der Waals surface area contributed by atoms with E-state index in [2.05, 4.69) is 0 Å². The Bertz CT molecular complexity index is 687. The van der Waals surface area contributed by atoms with E-state index < -0.39 is 20.3 Å². The second-order valence-corrected chi connectivity index (χ2v) is 8.14. The van der Waals surface area contributed by atoms with Crippen molar-refractivity contribution >= 4 is 44.4 Å². The van der Waals surface area contributed by atoms with Crippen LogP contribution in [0, 0.1) is 0 Å². The van der Waals surface area contributed by atoms with Crippen LogP contribution < -0.4 is 11.5 Å². The highest BCUT2D eigenvalue weighted by molar-refractivity contribution is 7.92. The summed E-state index contributed by atoms with van der Waals surface area (Å²) < 4.78 is 26.1. The number of benzene rings is 2. The molecule has 4 N–H and O–H groups in total. The second-order valence-electron chi connectivity index (χ2n) is 5.21. The van der Waals surface area contributed by atoms with Gasteiger partial charge >= 0.3 is 0 Å². The first-order valence-corrected chi connectivity index (χ1v) is 9.63. The summed E-state index contributed by atoms with van der Waals surface area (Å²) in [7, 11) is -3.64. The maximum absolute atomic E-state index is 13.0. The Morgan fingerprint density at radius 1 is 0.739 bits per heavy atom. The fourth-order valence-electron chi connectivity index (χ4n) is 2.35. The van der Waals surface area contributed by atoms with E-state index in [0.717, 1.165) is 0 Å². The third-order valence-electron chi connectivity index (χ3n) is 3.69. The quantitative estimate of drug-likeness (QED) is 0.599. The van der Waals surface area contributed by atoms with Crippen LogP contribution in [0.5, 0.6) is 0 Å². The molecule has 0 radical (unpaired) electrons. The lowest BCUT2D eigenvalue weighted by Crippen LogP contribution is -2.23. The highest BCUT2D eigenvalue weighted by Crippen LogP contribution is 2.36. The van der Waals surface area contributed by atoms with Crippen molar-refractivity contribution in [3.8, 4) is 0 Å². The Balaban J connectivity index is 2.43. The number of nitrogen functional groups attached to an aromatic ring is 2. The number of nitrogens with two attached hydrogens (primary N) is 2. The Morgan fingerprint density at radius 3 is 1.30 bits per heavy atom. The van der Waals surface area contributed by atoms with Gasteiger partial charge in [-0.25, -0.2) is 8.42 Å². The summed E-state index contributed by atoms with van der Waals surface area (Å²) in [5.74, 6) is -0.122. The van der Waals surface area contributed by atoms with Gasteiger partial charge in [0.1, 0.15) is 10.5 Å². The normalized spacial score (nSPS) is 14.3. The molecule has 4 nitrogen and oxygen atoms in total. The molecule has 2 unspecified atom stereocenters. The van der Waals surface area contributed by atoms with Crippen LogP contribution in [0.25, 0.3) is 0 Å². The molecule has 0 aromatic heterocycles. The van der Waals surface area contributed by atoms with Crippen molar-refractivity contribution in [3.05, 3.63) is 59.7 Å². The van der Waals surface area contributed by atoms with Crippen LogP contribution in [-0.2, 0) is 9.84 Å². The maximum atomic E-state index is 13.0. The molecule has 0 saturated heterocycles. The van der Waals surface area contributed by atoms with E-state index in [4.69, 9.17) is 34.7 Å². The zero-order valence-electron chi connectivity index (χ0n) is 12.3. The van der Waals surface area contributed by atoms with Crippen molar-refractivity contribution in [2.75, 3.05) is 23.2 Å². The molecule has 2 rings (SSSR count). The van der Waals surface area contributed by atoms with Crippen LogP contribution in [0.3, 0.4) is 0 Å². The molecule has 7 heteroatoms. The molecule has 0 saturated carbocycles. The SMILES string of the molecule is Nc1ccc(C(CCl)S(=O)(=O)C(CCl)c2ccc(N)cc2)cc1. The fraction of sp³-hybridized carbons (Fsp3) is 0.250. The van der Waals surface area contributed by atoms with E-state index in [1.165, 1.54) is 0 Å². The Kier molecular flexibility index (Phi) is 5.79. The molecule has 124 valence electrons. The minimum Gasteiger partial charge on any atom is -0.399 e. The molecule has 23 heavy (non-hydrogen) atoms. The average molecular weight is 373 g/mol. The Morgan fingerprint density at radius 2 is 1.04 bits per heavy atom. The van der Waals surface area contributed by atoms with E-state index in [9.17, 15) is 8.42 Å². The second kappa shape index (κ2) is 7.43. The molecule has 0 fully saturated rings. The lowest BCUT2D eigenvalue weighted by atomic mass is 10.1. The average Bonchev–Trinajstić information content (AvgIpc) is 2.52. The standard InChI is InChI=1S/C16H18Cl2N2O2S/c17-9-15(11-1-5-13(19)6-2-11)23(21,22)16(10-18)12-3-7-14(20)8-4-12/h1-8,15-16H,9-10,19-20H2. The van der Waals surface area contributed by atoms with E-state index in [1.54, 1.807) is 48.5 Å². The van der Waals surface area contributed by atoms with Gasteiger partial charge < -0.3 is 11.5 Å². The molecule has 0 spiro atoms. The minimum atomic E-state index is -3.64. The summed E-state index contributed by atoms with van der Waals surface area (Å²) in [6.07, 6.45) is 0. The zero-order chi connectivity index (χ0) is 17.0. The van der Waals surface area contributed by atoms with Gasteiger partial charge in [-0.2, -0.15) is 0 Å². The largest absolute Gasteiger partial charge is 0.399 e. The summed E-state index contributed by atoms with van der Waals surface area (Å²) in [5.41, 5.74) is 13.6. The van der Waals surface area contributed by atoms with E-state index in [0.29, 0.717) is 22.5 Å². The lowest BCUT2D eigenvalue weighted by Gasteiger charge is -2.22. The van der Waals surface area contributed by atoms with Gasteiger partial charge in [-0.1, -0.05) is 24.3 Å². The first kappa shape index (κ1) is 17.9. The highest BCUT2D eigenvalue weighted by atomic mass is 35.5. The summed E-state index contributed by atoms with van der Waals surface area (Å²) in [5, 5.41) is -1.71. The molecule has 0 bridgehead atoms. The number of rotatable bonds is 6. The van der Waals surface area contributed by atoms with Crippen LogP contribution in [0.2, 0.25) is 0 Å². The smallest absolute Gasteiger partial charge is 0.166 e. The van der Waals surface area contributed by atoms with Gasteiger partial charge in [0.05, 0.1) is 0 Å². The Labute approximate surface area is 146 Å². The summed E-state index contributed by atoms with van der Waals surface area (Å²) in [4.78, 5) is 0. The van der Waals surface area contributed by atoms with Crippen LogP contribution in [0.15, 0.2) is 48.5 Å². The maximum Gasteiger partial charge on any atom is 0.166 e. The Hall–Kier alpha value is -1.43. The molecular formula is C16H18Cl2N2O2S. The number of hydrogen-bond acceptors (Lipinski definition) is 4. The molecule has 2 aromatic rings. The summed E-state index contributed by atoms with van der Waals surface area (Å²) in [6.45, 7) is 0. The van der Waals surface area contributed by atoms with E-state index in [1.807, 2.05) is 0 Å². The van der Waals surface area contributed by atoms with Gasteiger partial charge in [-0.05, 0) is 35.4 Å².